The van der Waals surface area contributed by atoms with Crippen LogP contribution in [0, 0.1) is 6.92 Å². The van der Waals surface area contributed by atoms with E-state index in [9.17, 15) is 13.2 Å². The summed E-state index contributed by atoms with van der Waals surface area (Å²) in [5, 5.41) is 5.95. The number of hydrogen-bond donors (Lipinski definition) is 1. The number of aryl methyl sites for hydroxylation is 1. The molecule has 0 fully saturated rings. The topological polar surface area (TPSA) is 24.9 Å². The average molecular weight is 314 g/mol. The second-order valence-corrected chi connectivity index (χ2v) is 5.82. The minimum atomic E-state index is -4.34. The zero-order chi connectivity index (χ0) is 15.5. The molecular weight excluding hydrogens is 297 g/mol. The van der Waals surface area contributed by atoms with Crippen molar-refractivity contribution in [3.05, 3.63) is 51.5 Å². The van der Waals surface area contributed by atoms with E-state index in [2.05, 4.69) is 10.3 Å². The Morgan fingerprint density at radius 1 is 1.29 bits per heavy atom. The van der Waals surface area contributed by atoms with Crippen molar-refractivity contribution in [3.8, 4) is 0 Å². The van der Waals surface area contributed by atoms with E-state index in [0.717, 1.165) is 16.8 Å². The summed E-state index contributed by atoms with van der Waals surface area (Å²) in [6.07, 6.45) is -3.90. The van der Waals surface area contributed by atoms with Gasteiger partial charge in [0.05, 0.1) is 16.3 Å². The van der Waals surface area contributed by atoms with Crippen LogP contribution >= 0.6 is 11.3 Å². The highest BCUT2D eigenvalue weighted by molar-refractivity contribution is 7.09. The zero-order valence-corrected chi connectivity index (χ0v) is 12.7. The van der Waals surface area contributed by atoms with Crippen molar-refractivity contribution >= 4 is 11.3 Å². The number of thiazole rings is 1. The van der Waals surface area contributed by atoms with E-state index in [-0.39, 0.29) is 5.56 Å². The van der Waals surface area contributed by atoms with E-state index in [1.165, 1.54) is 23.5 Å². The summed E-state index contributed by atoms with van der Waals surface area (Å²) in [7, 11) is 0. The maximum absolute atomic E-state index is 13.2. The van der Waals surface area contributed by atoms with Crippen molar-refractivity contribution in [2.24, 2.45) is 0 Å². The molecule has 0 amide bonds. The van der Waals surface area contributed by atoms with Crippen LogP contribution in [0.15, 0.2) is 29.6 Å². The molecule has 1 N–H and O–H groups in total. The predicted octanol–water partition coefficient (Wildman–Crippen LogP) is 4.36. The Morgan fingerprint density at radius 2 is 2.00 bits per heavy atom. The monoisotopic (exact) mass is 314 g/mol. The Hall–Kier alpha value is -1.40. The van der Waals surface area contributed by atoms with Gasteiger partial charge < -0.3 is 5.32 Å². The van der Waals surface area contributed by atoms with Crippen molar-refractivity contribution in [2.75, 3.05) is 6.54 Å². The van der Waals surface area contributed by atoms with Crippen LogP contribution in [0.1, 0.15) is 34.8 Å². The van der Waals surface area contributed by atoms with E-state index in [1.54, 1.807) is 6.07 Å². The second kappa shape index (κ2) is 6.58. The molecule has 0 aliphatic rings. The van der Waals surface area contributed by atoms with Gasteiger partial charge in [-0.2, -0.15) is 13.2 Å². The van der Waals surface area contributed by atoms with Gasteiger partial charge in [0.1, 0.15) is 0 Å². The van der Waals surface area contributed by atoms with Gasteiger partial charge >= 0.3 is 6.18 Å². The molecule has 1 unspecified atom stereocenters. The van der Waals surface area contributed by atoms with Gasteiger partial charge in [-0.05, 0) is 25.1 Å². The van der Waals surface area contributed by atoms with Crippen LogP contribution in [-0.2, 0) is 12.6 Å². The first-order chi connectivity index (χ1) is 9.91. The second-order valence-electron chi connectivity index (χ2n) is 4.76. The number of nitrogens with one attached hydrogen (secondary N) is 1. The molecule has 0 aliphatic carbocycles. The largest absolute Gasteiger partial charge is 0.416 e. The number of benzene rings is 1. The minimum absolute atomic E-state index is 0.275. The fourth-order valence-corrected chi connectivity index (χ4v) is 2.93. The van der Waals surface area contributed by atoms with Gasteiger partial charge in [0, 0.05) is 17.8 Å². The minimum Gasteiger partial charge on any atom is -0.310 e. The van der Waals surface area contributed by atoms with Gasteiger partial charge in [-0.15, -0.1) is 11.3 Å². The van der Waals surface area contributed by atoms with E-state index < -0.39 is 17.8 Å². The SMILES string of the molecule is CCNC(Cc1csc(C)n1)c1ccccc1C(F)(F)F. The molecule has 21 heavy (non-hydrogen) atoms. The fourth-order valence-electron chi connectivity index (χ4n) is 2.31. The molecule has 114 valence electrons. The highest BCUT2D eigenvalue weighted by Gasteiger charge is 2.34. The smallest absolute Gasteiger partial charge is 0.310 e. The molecule has 1 aromatic heterocycles. The van der Waals surface area contributed by atoms with Crippen LogP contribution < -0.4 is 5.32 Å². The maximum atomic E-state index is 13.2. The quantitative estimate of drug-likeness (QED) is 0.887. The van der Waals surface area contributed by atoms with Crippen LogP contribution in [0.25, 0.3) is 0 Å². The number of halogens is 3. The number of nitrogens with zero attached hydrogens (tertiary/aromatic N) is 1. The fraction of sp³-hybridized carbons (Fsp3) is 0.400. The third-order valence-corrected chi connectivity index (χ3v) is 3.99. The molecule has 0 aliphatic heterocycles. The molecule has 0 saturated heterocycles. The average Bonchev–Trinajstić information content (AvgIpc) is 2.83. The molecule has 0 spiro atoms. The summed E-state index contributed by atoms with van der Waals surface area (Å²) >= 11 is 1.51. The lowest BCUT2D eigenvalue weighted by molar-refractivity contribution is -0.138. The summed E-state index contributed by atoms with van der Waals surface area (Å²) in [4.78, 5) is 4.35. The number of alkyl halides is 3. The molecule has 1 aromatic carbocycles. The molecule has 1 heterocycles. The third-order valence-electron chi connectivity index (χ3n) is 3.17. The lowest BCUT2D eigenvalue weighted by Gasteiger charge is -2.22. The molecule has 1 atom stereocenters. The molecule has 6 heteroatoms. The molecule has 2 rings (SSSR count). The normalized spacial score (nSPS) is 13.4. The van der Waals surface area contributed by atoms with Crippen molar-refractivity contribution in [1.29, 1.82) is 0 Å². The molecule has 2 aromatic rings. The Bertz CT molecular complexity index is 593. The first-order valence-corrected chi connectivity index (χ1v) is 7.60. The van der Waals surface area contributed by atoms with E-state index in [1.807, 2.05) is 19.2 Å². The van der Waals surface area contributed by atoms with Crippen molar-refractivity contribution in [3.63, 3.8) is 0 Å². The Kier molecular flexibility index (Phi) is 5.00. The van der Waals surface area contributed by atoms with E-state index >= 15 is 0 Å². The number of likely N-dealkylation sites (N-methyl/N-ethyl adjacent to an activating group) is 1. The summed E-state index contributed by atoms with van der Waals surface area (Å²) < 4.78 is 39.5. The van der Waals surface area contributed by atoms with Crippen LogP contribution in [-0.4, -0.2) is 11.5 Å². The van der Waals surface area contributed by atoms with Gasteiger partial charge in [-0.3, -0.25) is 0 Å². The third kappa shape index (κ3) is 4.04. The summed E-state index contributed by atoms with van der Waals surface area (Å²) in [5.41, 5.74) is 0.515. The van der Waals surface area contributed by atoms with Gasteiger partial charge in [0.15, 0.2) is 0 Å². The van der Waals surface area contributed by atoms with Crippen LogP contribution in [0.5, 0.6) is 0 Å². The van der Waals surface area contributed by atoms with Crippen LogP contribution in [0.4, 0.5) is 13.2 Å². The standard InChI is InChI=1S/C15H17F3N2S/c1-3-19-14(8-11-9-21-10(2)20-11)12-6-4-5-7-13(12)15(16,17)18/h4-7,9,14,19H,3,8H2,1-2H3. The van der Waals surface area contributed by atoms with Gasteiger partial charge in [-0.25, -0.2) is 4.98 Å². The predicted molar refractivity (Wildman–Crippen MR) is 78.4 cm³/mol. The highest BCUT2D eigenvalue weighted by Crippen LogP contribution is 2.35. The molecule has 0 bridgehead atoms. The van der Waals surface area contributed by atoms with Crippen molar-refractivity contribution < 1.29 is 13.2 Å². The van der Waals surface area contributed by atoms with Gasteiger partial charge in [-0.1, -0.05) is 25.1 Å². The summed E-state index contributed by atoms with van der Waals surface area (Å²) in [5.74, 6) is 0. The summed E-state index contributed by atoms with van der Waals surface area (Å²) in [6, 6.07) is 5.33. The number of aromatic nitrogens is 1. The highest BCUT2D eigenvalue weighted by atomic mass is 32.1. The van der Waals surface area contributed by atoms with E-state index in [4.69, 9.17) is 0 Å². The lowest BCUT2D eigenvalue weighted by atomic mass is 9.96. The molecule has 0 saturated carbocycles. The molecular formula is C15H17F3N2S. The number of hydrogen-bond acceptors (Lipinski definition) is 3. The van der Waals surface area contributed by atoms with Crippen molar-refractivity contribution in [1.82, 2.24) is 10.3 Å². The van der Waals surface area contributed by atoms with Gasteiger partial charge in [0.25, 0.3) is 0 Å². The lowest BCUT2D eigenvalue weighted by Crippen LogP contribution is -2.26. The maximum Gasteiger partial charge on any atom is 0.416 e. The Labute approximate surface area is 126 Å². The Balaban J connectivity index is 2.34. The molecule has 0 radical (unpaired) electrons. The van der Waals surface area contributed by atoms with Crippen LogP contribution in [0.2, 0.25) is 0 Å². The van der Waals surface area contributed by atoms with E-state index in [0.29, 0.717) is 13.0 Å². The van der Waals surface area contributed by atoms with Gasteiger partial charge in [0.2, 0.25) is 0 Å². The zero-order valence-electron chi connectivity index (χ0n) is 11.9. The number of rotatable bonds is 5. The Morgan fingerprint density at radius 3 is 2.57 bits per heavy atom. The molecule has 2 nitrogen and oxygen atoms in total. The first kappa shape index (κ1) is 16.0. The first-order valence-electron chi connectivity index (χ1n) is 6.72. The summed E-state index contributed by atoms with van der Waals surface area (Å²) in [6.45, 7) is 4.37. The van der Waals surface area contributed by atoms with Crippen molar-refractivity contribution in [2.45, 2.75) is 32.5 Å². The van der Waals surface area contributed by atoms with Crippen LogP contribution in [0.3, 0.4) is 0 Å².